The van der Waals surface area contributed by atoms with Crippen LogP contribution in [-0.2, 0) is 0 Å². The molecular formula is C12H11NS3. The first kappa shape index (κ1) is 10.7. The van der Waals surface area contributed by atoms with E-state index < -0.39 is 0 Å². The zero-order chi connectivity index (χ0) is 10.8. The van der Waals surface area contributed by atoms with Gasteiger partial charge in [0.15, 0.2) is 0 Å². The van der Waals surface area contributed by atoms with Gasteiger partial charge in [0.25, 0.3) is 0 Å². The summed E-state index contributed by atoms with van der Waals surface area (Å²) in [4.78, 5) is 5.77. The Labute approximate surface area is 108 Å². The van der Waals surface area contributed by atoms with Crippen LogP contribution >= 0.6 is 34.9 Å². The fourth-order valence-electron chi connectivity index (χ4n) is 1.82. The standard InChI is InChI=1S/C12H11NS3/c1-2-4-11-10(3-1)9(7-15-11)8-16-12-13-5-6-14-12/h1-6,9H,7-8H2. The Morgan fingerprint density at radius 2 is 2.31 bits per heavy atom. The van der Waals surface area contributed by atoms with Gasteiger partial charge in [0.1, 0.15) is 4.34 Å². The second kappa shape index (κ2) is 4.82. The summed E-state index contributed by atoms with van der Waals surface area (Å²) in [6, 6.07) is 8.77. The molecule has 0 saturated heterocycles. The Morgan fingerprint density at radius 3 is 3.19 bits per heavy atom. The van der Waals surface area contributed by atoms with Gasteiger partial charge in [-0.1, -0.05) is 30.0 Å². The largest absolute Gasteiger partial charge is 0.238 e. The molecule has 1 aromatic heterocycles. The fourth-order valence-corrected chi connectivity index (χ4v) is 5.00. The van der Waals surface area contributed by atoms with E-state index in [4.69, 9.17) is 0 Å². The van der Waals surface area contributed by atoms with Gasteiger partial charge >= 0.3 is 0 Å². The van der Waals surface area contributed by atoms with Crippen molar-refractivity contribution in [2.45, 2.75) is 15.2 Å². The van der Waals surface area contributed by atoms with Crippen LogP contribution in [-0.4, -0.2) is 16.5 Å². The lowest BCUT2D eigenvalue weighted by atomic mass is 10.0. The molecule has 1 nitrogen and oxygen atoms in total. The Bertz CT molecular complexity index is 467. The average Bonchev–Trinajstić information content (AvgIpc) is 2.96. The first-order valence-electron chi connectivity index (χ1n) is 5.17. The van der Waals surface area contributed by atoms with Gasteiger partial charge in [-0.25, -0.2) is 4.98 Å². The van der Waals surface area contributed by atoms with Crippen LogP contribution in [0.5, 0.6) is 0 Å². The Morgan fingerprint density at radius 1 is 1.38 bits per heavy atom. The van der Waals surface area contributed by atoms with Crippen molar-refractivity contribution in [1.29, 1.82) is 0 Å². The molecular weight excluding hydrogens is 254 g/mol. The van der Waals surface area contributed by atoms with Gasteiger partial charge < -0.3 is 0 Å². The van der Waals surface area contributed by atoms with Crippen molar-refractivity contribution >= 4 is 34.9 Å². The first-order chi connectivity index (χ1) is 7.93. The molecule has 2 aromatic rings. The highest BCUT2D eigenvalue weighted by Gasteiger charge is 2.22. The molecule has 1 unspecified atom stereocenters. The van der Waals surface area contributed by atoms with Crippen LogP contribution in [0.25, 0.3) is 0 Å². The molecule has 0 fully saturated rings. The summed E-state index contributed by atoms with van der Waals surface area (Å²) in [5, 5.41) is 2.04. The molecule has 0 aliphatic carbocycles. The van der Waals surface area contributed by atoms with E-state index in [1.807, 2.05) is 35.1 Å². The first-order valence-corrected chi connectivity index (χ1v) is 8.02. The molecule has 4 heteroatoms. The number of benzene rings is 1. The molecule has 1 aromatic carbocycles. The monoisotopic (exact) mass is 265 g/mol. The Balaban J connectivity index is 1.69. The molecule has 1 aliphatic heterocycles. The predicted octanol–water partition coefficient (Wildman–Crippen LogP) is 4.12. The second-order valence-electron chi connectivity index (χ2n) is 3.65. The number of thiazole rings is 1. The third-order valence-electron chi connectivity index (χ3n) is 2.62. The van der Waals surface area contributed by atoms with Gasteiger partial charge in [0, 0.05) is 33.9 Å². The lowest BCUT2D eigenvalue weighted by molar-refractivity contribution is 0.895. The molecule has 0 amide bonds. The normalized spacial score (nSPS) is 18.6. The Hall–Kier alpha value is -0.450. The molecule has 0 radical (unpaired) electrons. The maximum absolute atomic E-state index is 4.31. The minimum absolute atomic E-state index is 0.690. The zero-order valence-corrected chi connectivity index (χ0v) is 11.1. The van der Waals surface area contributed by atoms with Crippen molar-refractivity contribution in [3.8, 4) is 0 Å². The van der Waals surface area contributed by atoms with E-state index in [0.29, 0.717) is 5.92 Å². The van der Waals surface area contributed by atoms with E-state index in [-0.39, 0.29) is 0 Å². The number of hydrogen-bond donors (Lipinski definition) is 0. The summed E-state index contributed by atoms with van der Waals surface area (Å²) in [5.41, 5.74) is 1.52. The van der Waals surface area contributed by atoms with Crippen LogP contribution < -0.4 is 0 Å². The molecule has 0 spiro atoms. The third-order valence-corrected chi connectivity index (χ3v) is 6.00. The van der Waals surface area contributed by atoms with E-state index in [9.17, 15) is 0 Å². The Kier molecular flexibility index (Phi) is 3.22. The molecule has 0 saturated carbocycles. The van der Waals surface area contributed by atoms with Crippen molar-refractivity contribution in [1.82, 2.24) is 4.98 Å². The second-order valence-corrected chi connectivity index (χ2v) is 6.88. The average molecular weight is 265 g/mol. The van der Waals surface area contributed by atoms with E-state index in [1.165, 1.54) is 20.6 Å². The maximum atomic E-state index is 4.31. The smallest absolute Gasteiger partial charge is 0.149 e. The number of rotatable bonds is 3. The summed E-state index contributed by atoms with van der Waals surface area (Å²) in [6.07, 6.45) is 1.88. The van der Waals surface area contributed by atoms with Crippen LogP contribution in [0, 0.1) is 0 Å². The van der Waals surface area contributed by atoms with Crippen LogP contribution in [0.4, 0.5) is 0 Å². The van der Waals surface area contributed by atoms with Crippen LogP contribution in [0.2, 0.25) is 0 Å². The van der Waals surface area contributed by atoms with E-state index in [2.05, 4.69) is 29.2 Å². The summed E-state index contributed by atoms with van der Waals surface area (Å²) in [5.74, 6) is 3.06. The van der Waals surface area contributed by atoms with Crippen molar-refractivity contribution in [3.05, 3.63) is 41.4 Å². The number of thioether (sulfide) groups is 2. The molecule has 16 heavy (non-hydrogen) atoms. The third kappa shape index (κ3) is 2.14. The molecule has 82 valence electrons. The highest BCUT2D eigenvalue weighted by molar-refractivity contribution is 8.01. The van der Waals surface area contributed by atoms with Crippen molar-refractivity contribution in [2.24, 2.45) is 0 Å². The van der Waals surface area contributed by atoms with Crippen LogP contribution in [0.15, 0.2) is 45.1 Å². The minimum atomic E-state index is 0.690. The van der Waals surface area contributed by atoms with Crippen molar-refractivity contribution in [3.63, 3.8) is 0 Å². The molecule has 2 heterocycles. The lowest BCUT2D eigenvalue weighted by Gasteiger charge is -2.08. The number of fused-ring (bicyclic) bond motifs is 1. The van der Waals surface area contributed by atoms with Gasteiger partial charge in [-0.15, -0.1) is 23.1 Å². The topological polar surface area (TPSA) is 12.9 Å². The van der Waals surface area contributed by atoms with Crippen molar-refractivity contribution in [2.75, 3.05) is 11.5 Å². The summed E-state index contributed by atoms with van der Waals surface area (Å²) < 4.78 is 1.19. The van der Waals surface area contributed by atoms with Crippen molar-refractivity contribution < 1.29 is 0 Å². The van der Waals surface area contributed by atoms with Gasteiger partial charge in [-0.2, -0.15) is 0 Å². The summed E-state index contributed by atoms with van der Waals surface area (Å²) in [7, 11) is 0. The molecule has 1 atom stereocenters. The number of hydrogen-bond acceptors (Lipinski definition) is 4. The van der Waals surface area contributed by atoms with Gasteiger partial charge in [0.05, 0.1) is 0 Å². The fraction of sp³-hybridized carbons (Fsp3) is 0.250. The van der Waals surface area contributed by atoms with Gasteiger partial charge in [0.2, 0.25) is 0 Å². The highest BCUT2D eigenvalue weighted by Crippen LogP contribution is 2.41. The summed E-state index contributed by atoms with van der Waals surface area (Å²) in [6.45, 7) is 0. The molecule has 3 rings (SSSR count). The van der Waals surface area contributed by atoms with E-state index >= 15 is 0 Å². The highest BCUT2D eigenvalue weighted by atomic mass is 32.2. The quantitative estimate of drug-likeness (QED) is 0.775. The van der Waals surface area contributed by atoms with Crippen LogP contribution in [0.3, 0.4) is 0 Å². The minimum Gasteiger partial charge on any atom is -0.238 e. The zero-order valence-electron chi connectivity index (χ0n) is 8.63. The van der Waals surface area contributed by atoms with E-state index in [0.717, 1.165) is 5.75 Å². The molecule has 0 N–H and O–H groups in total. The lowest BCUT2D eigenvalue weighted by Crippen LogP contribution is -1.99. The predicted molar refractivity (Wildman–Crippen MR) is 72.7 cm³/mol. The summed E-state index contributed by atoms with van der Waals surface area (Å²) >= 11 is 5.60. The number of nitrogens with zero attached hydrogens (tertiary/aromatic N) is 1. The maximum Gasteiger partial charge on any atom is 0.149 e. The van der Waals surface area contributed by atoms with Gasteiger partial charge in [-0.3, -0.25) is 0 Å². The molecule has 0 bridgehead atoms. The SMILES string of the molecule is c1ccc2c(c1)SCC2CSc1nccs1. The number of aromatic nitrogens is 1. The van der Waals surface area contributed by atoms with Gasteiger partial charge in [-0.05, 0) is 11.6 Å². The van der Waals surface area contributed by atoms with Crippen LogP contribution in [0.1, 0.15) is 11.5 Å². The van der Waals surface area contributed by atoms with E-state index in [1.54, 1.807) is 11.3 Å². The molecule has 1 aliphatic rings.